The van der Waals surface area contributed by atoms with Gasteiger partial charge in [-0.25, -0.2) is 9.78 Å². The highest BCUT2D eigenvalue weighted by atomic mass is 16.5. The van der Waals surface area contributed by atoms with Crippen LogP contribution in [0.25, 0.3) is 11.5 Å². The Hall–Kier alpha value is -2.83. The van der Waals surface area contributed by atoms with E-state index in [1.165, 1.54) is 11.2 Å². The zero-order valence-electron chi connectivity index (χ0n) is 13.6. The van der Waals surface area contributed by atoms with Gasteiger partial charge >= 0.3 is 6.03 Å². The van der Waals surface area contributed by atoms with Crippen LogP contribution in [-0.2, 0) is 11.3 Å². The summed E-state index contributed by atoms with van der Waals surface area (Å²) in [4.78, 5) is 29.7. The summed E-state index contributed by atoms with van der Waals surface area (Å²) in [5.41, 5.74) is 1.32. The number of rotatable bonds is 6. The molecule has 0 spiro atoms. The minimum absolute atomic E-state index is 0.102. The number of nitrogens with zero attached hydrogens (tertiary/aromatic N) is 2. The van der Waals surface area contributed by atoms with Gasteiger partial charge < -0.3 is 14.5 Å². The van der Waals surface area contributed by atoms with E-state index in [2.05, 4.69) is 10.3 Å². The van der Waals surface area contributed by atoms with Crippen LogP contribution >= 0.6 is 0 Å². The van der Waals surface area contributed by atoms with E-state index in [0.29, 0.717) is 18.0 Å². The molecule has 0 radical (unpaired) electrons. The Bertz CT molecular complexity index is 739. The first kappa shape index (κ1) is 16.0. The lowest BCUT2D eigenvalue weighted by Gasteiger charge is -2.10. The summed E-state index contributed by atoms with van der Waals surface area (Å²) in [7, 11) is 1.60. The molecular weight excluding hydrogens is 310 g/mol. The molecule has 1 N–H and O–H groups in total. The lowest BCUT2D eigenvalue weighted by molar-refractivity contribution is -0.128. The number of hydrogen-bond acceptors (Lipinski definition) is 5. The number of imide groups is 1. The highest BCUT2D eigenvalue weighted by Gasteiger charge is 2.37. The van der Waals surface area contributed by atoms with Crippen molar-refractivity contribution in [3.63, 3.8) is 0 Å². The summed E-state index contributed by atoms with van der Waals surface area (Å²) < 4.78 is 10.6. The first-order chi connectivity index (χ1) is 11.6. The number of oxazole rings is 1. The number of urea groups is 1. The van der Waals surface area contributed by atoms with Crippen molar-refractivity contribution in [1.29, 1.82) is 0 Å². The number of aromatic nitrogens is 1. The Morgan fingerprint density at radius 1 is 1.29 bits per heavy atom. The van der Waals surface area contributed by atoms with Crippen LogP contribution in [0.4, 0.5) is 4.79 Å². The third-order valence-corrected chi connectivity index (χ3v) is 3.89. The average Bonchev–Trinajstić information content (AvgIpc) is 3.16. The molecule has 3 rings (SSSR count). The molecule has 1 saturated heterocycles. The quantitative estimate of drug-likeness (QED) is 0.823. The Kier molecular flexibility index (Phi) is 4.50. The second-order valence-electron chi connectivity index (χ2n) is 5.59. The van der Waals surface area contributed by atoms with Crippen molar-refractivity contribution in [1.82, 2.24) is 15.2 Å². The highest BCUT2D eigenvalue weighted by molar-refractivity contribution is 6.04. The molecule has 1 atom stereocenters. The third kappa shape index (κ3) is 3.10. The van der Waals surface area contributed by atoms with Crippen molar-refractivity contribution in [3.05, 3.63) is 36.2 Å². The van der Waals surface area contributed by atoms with Crippen molar-refractivity contribution >= 4 is 11.9 Å². The summed E-state index contributed by atoms with van der Waals surface area (Å²) in [6.45, 7) is 2.07. The van der Waals surface area contributed by atoms with Gasteiger partial charge in [0.25, 0.3) is 5.91 Å². The van der Waals surface area contributed by atoms with Crippen molar-refractivity contribution in [2.24, 2.45) is 0 Å². The number of carbonyl (C=O) groups excluding carboxylic acids is 2. The van der Waals surface area contributed by atoms with Gasteiger partial charge in [0.15, 0.2) is 0 Å². The molecule has 1 aliphatic rings. The predicted molar refractivity (Wildman–Crippen MR) is 86.3 cm³/mol. The average molecular weight is 329 g/mol. The number of methoxy groups -OCH3 is 1. The minimum atomic E-state index is -0.435. The van der Waals surface area contributed by atoms with Crippen molar-refractivity contribution < 1.29 is 18.7 Å². The number of carbonyl (C=O) groups is 2. The van der Waals surface area contributed by atoms with Gasteiger partial charge in [0.05, 0.1) is 19.3 Å². The molecule has 1 aromatic carbocycles. The second-order valence-corrected chi connectivity index (χ2v) is 5.59. The molecule has 2 aromatic rings. The smallest absolute Gasteiger partial charge is 0.325 e. The van der Waals surface area contributed by atoms with Crippen LogP contribution in [0.15, 0.2) is 34.9 Å². The van der Waals surface area contributed by atoms with E-state index in [1.807, 2.05) is 31.2 Å². The summed E-state index contributed by atoms with van der Waals surface area (Å²) in [5, 5.41) is 2.69. The summed E-state index contributed by atoms with van der Waals surface area (Å²) in [6.07, 6.45) is 2.93. The fourth-order valence-corrected chi connectivity index (χ4v) is 2.62. The zero-order valence-corrected chi connectivity index (χ0v) is 13.6. The van der Waals surface area contributed by atoms with Gasteiger partial charge in [0, 0.05) is 5.56 Å². The topological polar surface area (TPSA) is 84.7 Å². The van der Waals surface area contributed by atoms with Crippen molar-refractivity contribution in [3.8, 4) is 17.2 Å². The van der Waals surface area contributed by atoms with E-state index in [-0.39, 0.29) is 18.5 Å². The van der Waals surface area contributed by atoms with Crippen LogP contribution < -0.4 is 10.1 Å². The Labute approximate surface area is 139 Å². The van der Waals surface area contributed by atoms with E-state index in [9.17, 15) is 9.59 Å². The zero-order chi connectivity index (χ0) is 17.1. The monoisotopic (exact) mass is 329 g/mol. The van der Waals surface area contributed by atoms with Crippen molar-refractivity contribution in [2.45, 2.75) is 32.4 Å². The van der Waals surface area contributed by atoms with Gasteiger partial charge in [0.1, 0.15) is 18.1 Å². The van der Waals surface area contributed by atoms with E-state index in [4.69, 9.17) is 9.15 Å². The molecule has 3 amide bonds. The van der Waals surface area contributed by atoms with Crippen LogP contribution in [0.1, 0.15) is 25.5 Å². The molecule has 0 bridgehead atoms. The lowest BCUT2D eigenvalue weighted by Crippen LogP contribution is -2.31. The first-order valence-electron chi connectivity index (χ1n) is 7.83. The van der Waals surface area contributed by atoms with Crippen LogP contribution in [0.2, 0.25) is 0 Å². The SMILES string of the molecule is CCC[C@H]1NC(=O)N(Cc2coc(-c3ccc(OC)cc3)n2)C1=O. The molecule has 7 heteroatoms. The molecule has 0 aliphatic carbocycles. The number of benzene rings is 1. The summed E-state index contributed by atoms with van der Waals surface area (Å²) in [6, 6.07) is 6.47. The summed E-state index contributed by atoms with van der Waals surface area (Å²) >= 11 is 0. The molecule has 126 valence electrons. The minimum Gasteiger partial charge on any atom is -0.497 e. The standard InChI is InChI=1S/C17H19N3O4/c1-3-4-14-16(21)20(17(22)19-14)9-12-10-24-15(18-12)11-5-7-13(23-2)8-6-11/h5-8,10,14H,3-4,9H2,1-2H3,(H,19,22)/t14-/m1/s1. The molecule has 0 saturated carbocycles. The van der Waals surface area contributed by atoms with E-state index >= 15 is 0 Å². The van der Waals surface area contributed by atoms with Crippen LogP contribution in [0.5, 0.6) is 5.75 Å². The number of ether oxygens (including phenoxy) is 1. The molecular formula is C17H19N3O4. The van der Waals surface area contributed by atoms with Crippen molar-refractivity contribution in [2.75, 3.05) is 7.11 Å². The molecule has 2 heterocycles. The Balaban J connectivity index is 1.71. The van der Waals surface area contributed by atoms with Gasteiger partial charge in [-0.15, -0.1) is 0 Å². The molecule has 1 aliphatic heterocycles. The maximum Gasteiger partial charge on any atom is 0.325 e. The second kappa shape index (κ2) is 6.74. The van der Waals surface area contributed by atoms with Gasteiger partial charge in [-0.3, -0.25) is 9.69 Å². The molecule has 7 nitrogen and oxygen atoms in total. The van der Waals surface area contributed by atoms with E-state index < -0.39 is 6.04 Å². The molecule has 0 unspecified atom stereocenters. The lowest BCUT2D eigenvalue weighted by atomic mass is 10.2. The summed E-state index contributed by atoms with van der Waals surface area (Å²) in [5.74, 6) is 0.965. The largest absolute Gasteiger partial charge is 0.497 e. The molecule has 24 heavy (non-hydrogen) atoms. The fourth-order valence-electron chi connectivity index (χ4n) is 2.62. The van der Waals surface area contributed by atoms with E-state index in [1.54, 1.807) is 7.11 Å². The van der Waals surface area contributed by atoms with Crippen LogP contribution in [0.3, 0.4) is 0 Å². The normalized spacial score (nSPS) is 17.2. The maximum absolute atomic E-state index is 12.2. The van der Waals surface area contributed by atoms with Gasteiger partial charge in [-0.1, -0.05) is 13.3 Å². The first-order valence-corrected chi connectivity index (χ1v) is 7.83. The van der Waals surface area contributed by atoms with Crippen LogP contribution in [-0.4, -0.2) is 35.0 Å². The third-order valence-electron chi connectivity index (χ3n) is 3.89. The number of hydrogen-bond donors (Lipinski definition) is 1. The van der Waals surface area contributed by atoms with Gasteiger partial charge in [-0.05, 0) is 30.7 Å². The number of amides is 3. The Morgan fingerprint density at radius 2 is 2.04 bits per heavy atom. The number of nitrogens with one attached hydrogen (secondary N) is 1. The van der Waals surface area contributed by atoms with Crippen LogP contribution in [0, 0.1) is 0 Å². The molecule has 1 aromatic heterocycles. The van der Waals surface area contributed by atoms with Gasteiger partial charge in [0.2, 0.25) is 5.89 Å². The van der Waals surface area contributed by atoms with Gasteiger partial charge in [-0.2, -0.15) is 0 Å². The highest BCUT2D eigenvalue weighted by Crippen LogP contribution is 2.23. The molecule has 1 fully saturated rings. The predicted octanol–water partition coefficient (Wildman–Crippen LogP) is 2.57. The fraction of sp³-hybridized carbons (Fsp3) is 0.353. The maximum atomic E-state index is 12.2. The van der Waals surface area contributed by atoms with E-state index in [0.717, 1.165) is 17.7 Å². The Morgan fingerprint density at radius 3 is 2.71 bits per heavy atom.